The van der Waals surface area contributed by atoms with Crippen molar-refractivity contribution in [3.63, 3.8) is 0 Å². The van der Waals surface area contributed by atoms with Gasteiger partial charge in [-0.2, -0.15) is 0 Å². The van der Waals surface area contributed by atoms with Crippen LogP contribution in [0.5, 0.6) is 0 Å². The number of ether oxygens (including phenoxy) is 1. The van der Waals surface area contributed by atoms with E-state index in [1.165, 1.54) is 38.8 Å². The molecule has 0 amide bonds. The molecule has 1 rings (SSSR count). The molecule has 1 aliphatic rings. The Hall–Kier alpha value is -0.120. The van der Waals surface area contributed by atoms with Crippen LogP contribution in [-0.2, 0) is 4.74 Å². The van der Waals surface area contributed by atoms with Gasteiger partial charge in [-0.05, 0) is 52.4 Å². The molecule has 0 aromatic heterocycles. The molecule has 84 valence electrons. The molecule has 1 aliphatic heterocycles. The van der Waals surface area contributed by atoms with Crippen LogP contribution >= 0.6 is 0 Å². The molecule has 3 nitrogen and oxygen atoms in total. The summed E-state index contributed by atoms with van der Waals surface area (Å²) in [6, 6.07) is 0.758. The van der Waals surface area contributed by atoms with Gasteiger partial charge in [-0.15, -0.1) is 0 Å². The molecule has 0 spiro atoms. The molecule has 0 radical (unpaired) electrons. The fourth-order valence-corrected chi connectivity index (χ4v) is 1.89. The van der Waals surface area contributed by atoms with Crippen molar-refractivity contribution in [3.05, 3.63) is 0 Å². The number of hydrogen-bond donors (Lipinski definition) is 1. The summed E-state index contributed by atoms with van der Waals surface area (Å²) >= 11 is 0. The van der Waals surface area contributed by atoms with E-state index in [2.05, 4.69) is 17.3 Å². The molecule has 1 N–H and O–H groups in total. The lowest BCUT2D eigenvalue weighted by atomic mass is 10.1. The second-order valence-electron chi connectivity index (χ2n) is 4.23. The van der Waals surface area contributed by atoms with Crippen molar-refractivity contribution in [1.82, 2.24) is 10.2 Å². The molecule has 3 heteroatoms. The van der Waals surface area contributed by atoms with E-state index in [1.54, 1.807) is 7.11 Å². The lowest BCUT2D eigenvalue weighted by Crippen LogP contribution is -2.41. The monoisotopic (exact) mass is 200 g/mol. The van der Waals surface area contributed by atoms with E-state index in [0.29, 0.717) is 0 Å². The third-order valence-corrected chi connectivity index (χ3v) is 2.93. The van der Waals surface area contributed by atoms with Gasteiger partial charge in [0.15, 0.2) is 0 Å². The third-order valence-electron chi connectivity index (χ3n) is 2.93. The molecule has 0 aliphatic carbocycles. The smallest absolute Gasteiger partial charge is 0.0462 e. The summed E-state index contributed by atoms with van der Waals surface area (Å²) in [5, 5.41) is 3.62. The van der Waals surface area contributed by atoms with Crippen LogP contribution in [-0.4, -0.2) is 51.3 Å². The van der Waals surface area contributed by atoms with Gasteiger partial charge >= 0.3 is 0 Å². The molecule has 0 unspecified atom stereocenters. The van der Waals surface area contributed by atoms with Gasteiger partial charge in [-0.1, -0.05) is 0 Å². The molecule has 0 bridgehead atoms. The van der Waals surface area contributed by atoms with Crippen LogP contribution in [0.4, 0.5) is 0 Å². The van der Waals surface area contributed by atoms with Gasteiger partial charge in [-0.25, -0.2) is 0 Å². The summed E-state index contributed by atoms with van der Waals surface area (Å²) in [5.41, 5.74) is 0. The Bertz CT molecular complexity index is 133. The van der Waals surface area contributed by atoms with Crippen LogP contribution in [0.15, 0.2) is 0 Å². The number of nitrogens with zero attached hydrogens (tertiary/aromatic N) is 1. The van der Waals surface area contributed by atoms with Crippen molar-refractivity contribution in [2.24, 2.45) is 0 Å². The van der Waals surface area contributed by atoms with Gasteiger partial charge in [0, 0.05) is 19.8 Å². The Morgan fingerprint density at radius 2 is 2.00 bits per heavy atom. The van der Waals surface area contributed by atoms with Gasteiger partial charge in [0.1, 0.15) is 0 Å². The maximum atomic E-state index is 5.01. The van der Waals surface area contributed by atoms with Crippen molar-refractivity contribution in [1.29, 1.82) is 0 Å². The summed E-state index contributed by atoms with van der Waals surface area (Å²) in [6.45, 7) is 4.54. The number of rotatable bonds is 6. The number of hydrogen-bond acceptors (Lipinski definition) is 3. The largest absolute Gasteiger partial charge is 0.385 e. The lowest BCUT2D eigenvalue weighted by Gasteiger charge is -2.29. The average molecular weight is 200 g/mol. The first-order valence-electron chi connectivity index (χ1n) is 5.74. The Balaban J connectivity index is 1.91. The van der Waals surface area contributed by atoms with E-state index >= 15 is 0 Å². The van der Waals surface area contributed by atoms with Gasteiger partial charge in [0.25, 0.3) is 0 Å². The number of likely N-dealkylation sites (tertiary alicyclic amines) is 1. The fourth-order valence-electron chi connectivity index (χ4n) is 1.89. The van der Waals surface area contributed by atoms with Gasteiger partial charge < -0.3 is 15.0 Å². The van der Waals surface area contributed by atoms with Crippen LogP contribution in [0.1, 0.15) is 25.7 Å². The van der Waals surface area contributed by atoms with Crippen molar-refractivity contribution < 1.29 is 4.74 Å². The summed E-state index contributed by atoms with van der Waals surface area (Å²) in [6.07, 6.45) is 5.03. The van der Waals surface area contributed by atoms with E-state index in [0.717, 1.165) is 19.2 Å². The molecular formula is C11H24N2O. The van der Waals surface area contributed by atoms with Gasteiger partial charge in [-0.3, -0.25) is 0 Å². The van der Waals surface area contributed by atoms with Crippen molar-refractivity contribution in [3.8, 4) is 0 Å². The van der Waals surface area contributed by atoms with Crippen LogP contribution in [0.25, 0.3) is 0 Å². The van der Waals surface area contributed by atoms with Crippen LogP contribution in [0, 0.1) is 0 Å². The third kappa shape index (κ3) is 4.94. The van der Waals surface area contributed by atoms with E-state index in [4.69, 9.17) is 4.74 Å². The highest BCUT2D eigenvalue weighted by Crippen LogP contribution is 2.07. The summed E-state index contributed by atoms with van der Waals surface area (Å²) in [5.74, 6) is 0. The molecule has 1 saturated heterocycles. The maximum absolute atomic E-state index is 5.01. The average Bonchev–Trinajstić information content (AvgIpc) is 2.21. The summed E-state index contributed by atoms with van der Waals surface area (Å²) in [7, 11) is 3.97. The highest BCUT2D eigenvalue weighted by Gasteiger charge is 2.14. The predicted molar refractivity (Wildman–Crippen MR) is 59.6 cm³/mol. The molecular weight excluding hydrogens is 176 g/mol. The van der Waals surface area contributed by atoms with Crippen molar-refractivity contribution >= 4 is 0 Å². The summed E-state index contributed by atoms with van der Waals surface area (Å²) < 4.78 is 5.01. The number of nitrogens with one attached hydrogen (secondary N) is 1. The lowest BCUT2D eigenvalue weighted by molar-refractivity contribution is 0.190. The quantitative estimate of drug-likeness (QED) is 0.650. The topological polar surface area (TPSA) is 24.5 Å². The number of unbranched alkanes of at least 4 members (excludes halogenated alkanes) is 1. The zero-order valence-electron chi connectivity index (χ0n) is 9.59. The van der Waals surface area contributed by atoms with Crippen LogP contribution in [0.2, 0.25) is 0 Å². The fraction of sp³-hybridized carbons (Fsp3) is 1.00. The van der Waals surface area contributed by atoms with Crippen LogP contribution < -0.4 is 5.32 Å². The Labute approximate surface area is 87.8 Å². The molecule has 14 heavy (non-hydrogen) atoms. The zero-order chi connectivity index (χ0) is 10.2. The number of methoxy groups -OCH3 is 1. The predicted octanol–water partition coefficient (Wildman–Crippen LogP) is 1.10. The second kappa shape index (κ2) is 7.21. The first-order chi connectivity index (χ1) is 6.83. The van der Waals surface area contributed by atoms with Gasteiger partial charge in [0.05, 0.1) is 0 Å². The second-order valence-corrected chi connectivity index (χ2v) is 4.23. The highest BCUT2D eigenvalue weighted by atomic mass is 16.5. The molecule has 0 saturated carbocycles. The first kappa shape index (κ1) is 12.0. The molecule has 0 aromatic carbocycles. The first-order valence-corrected chi connectivity index (χ1v) is 5.74. The minimum absolute atomic E-state index is 0.758. The van der Waals surface area contributed by atoms with E-state index < -0.39 is 0 Å². The molecule has 1 fully saturated rings. The highest BCUT2D eigenvalue weighted by molar-refractivity contribution is 4.75. The molecule has 1 heterocycles. The van der Waals surface area contributed by atoms with Crippen molar-refractivity contribution in [2.75, 3.05) is 40.4 Å². The van der Waals surface area contributed by atoms with Gasteiger partial charge in [0.2, 0.25) is 0 Å². The Morgan fingerprint density at radius 3 is 2.64 bits per heavy atom. The Morgan fingerprint density at radius 1 is 1.29 bits per heavy atom. The number of piperidine rings is 1. The Kier molecular flexibility index (Phi) is 6.15. The normalized spacial score (nSPS) is 20.1. The zero-order valence-corrected chi connectivity index (χ0v) is 9.59. The standard InChI is InChI=1S/C11H24N2O/c1-13-8-5-11(6-9-13)12-7-3-4-10-14-2/h11-12H,3-10H2,1-2H3. The van der Waals surface area contributed by atoms with E-state index in [9.17, 15) is 0 Å². The molecule has 0 aromatic rings. The van der Waals surface area contributed by atoms with E-state index in [1.807, 2.05) is 0 Å². The SMILES string of the molecule is COCCCCNC1CCN(C)CC1. The minimum Gasteiger partial charge on any atom is -0.385 e. The van der Waals surface area contributed by atoms with Crippen molar-refractivity contribution in [2.45, 2.75) is 31.7 Å². The van der Waals surface area contributed by atoms with E-state index in [-0.39, 0.29) is 0 Å². The molecule has 0 atom stereocenters. The minimum atomic E-state index is 0.758. The maximum Gasteiger partial charge on any atom is 0.0462 e. The summed E-state index contributed by atoms with van der Waals surface area (Å²) in [4.78, 5) is 2.41. The van der Waals surface area contributed by atoms with Crippen LogP contribution in [0.3, 0.4) is 0 Å².